The van der Waals surface area contributed by atoms with Gasteiger partial charge in [-0.05, 0) is 0 Å². The molecule has 2 aliphatic carbocycles. The van der Waals surface area contributed by atoms with Gasteiger partial charge in [0.2, 0.25) is 0 Å². The Morgan fingerprint density at radius 2 is 1.75 bits per heavy atom. The molecule has 0 aromatic carbocycles. The van der Waals surface area contributed by atoms with E-state index in [0.717, 1.165) is 0 Å². The number of hydrogen-bond acceptors (Lipinski definition) is 0. The molecule has 2 rings (SSSR count). The summed E-state index contributed by atoms with van der Waals surface area (Å²) in [7, 11) is 0. The van der Waals surface area contributed by atoms with Gasteiger partial charge in [0, 0.05) is 0 Å². The summed E-state index contributed by atoms with van der Waals surface area (Å²) in [6.07, 6.45) is 5.80. The van der Waals surface area contributed by atoms with E-state index in [0.29, 0.717) is 0 Å². The molecule has 0 fully saturated rings. The molecule has 0 amide bonds. The summed E-state index contributed by atoms with van der Waals surface area (Å²) in [5.41, 5.74) is 7.86. The first-order valence-electron chi connectivity index (χ1n) is 5.88. The van der Waals surface area contributed by atoms with Crippen molar-refractivity contribution in [3.8, 4) is 0 Å². The second-order valence-corrected chi connectivity index (χ2v) is 6.86. The zero-order valence-corrected chi connectivity index (χ0v) is 13.3. The molecule has 1 heteroatoms. The summed E-state index contributed by atoms with van der Waals surface area (Å²) < 4.78 is 1.61. The molecule has 2 aliphatic rings. The Labute approximate surface area is 114 Å². The quantitative estimate of drug-likeness (QED) is 0.670. The van der Waals surface area contributed by atoms with Gasteiger partial charge in [-0.1, -0.05) is 0 Å². The molecule has 0 atom stereocenters. The average Bonchev–Trinajstić information content (AvgIpc) is 2.67. The van der Waals surface area contributed by atoms with Gasteiger partial charge in [-0.25, -0.2) is 0 Å². The standard InChI is InChI=1S/C15H19.Zr/c1-10-11(2)14(13-8-6-7-9-13)15(4,5)12(10)3;/h6,8H,7H2,1-5H3;. The number of rotatable bonds is 1. The Morgan fingerprint density at radius 3 is 2.12 bits per heavy atom. The van der Waals surface area contributed by atoms with Crippen molar-refractivity contribution in [2.45, 2.75) is 41.0 Å². The van der Waals surface area contributed by atoms with Crippen molar-refractivity contribution in [2.24, 2.45) is 5.41 Å². The van der Waals surface area contributed by atoms with E-state index in [1.807, 2.05) is 0 Å². The summed E-state index contributed by atoms with van der Waals surface area (Å²) in [5, 5.41) is 0. The van der Waals surface area contributed by atoms with Gasteiger partial charge < -0.3 is 0 Å². The molecule has 0 bridgehead atoms. The third-order valence-electron chi connectivity index (χ3n) is 4.26. The van der Waals surface area contributed by atoms with E-state index >= 15 is 0 Å². The van der Waals surface area contributed by atoms with E-state index in [9.17, 15) is 0 Å². The maximum atomic E-state index is 2.36. The van der Waals surface area contributed by atoms with Gasteiger partial charge in [0.25, 0.3) is 0 Å². The average molecular weight is 291 g/mol. The molecular weight excluding hydrogens is 271 g/mol. The van der Waals surface area contributed by atoms with Crippen LogP contribution in [0.5, 0.6) is 0 Å². The molecule has 0 heterocycles. The first-order valence-corrected chi connectivity index (χ1v) is 7.11. The van der Waals surface area contributed by atoms with Gasteiger partial charge in [-0.15, -0.1) is 0 Å². The van der Waals surface area contributed by atoms with Gasteiger partial charge in [0.15, 0.2) is 0 Å². The maximum absolute atomic E-state index is 2.36. The van der Waals surface area contributed by atoms with E-state index in [1.54, 1.807) is 33.6 Å². The summed E-state index contributed by atoms with van der Waals surface area (Å²) in [6.45, 7) is 11.6. The van der Waals surface area contributed by atoms with Crippen molar-refractivity contribution in [3.63, 3.8) is 0 Å². The predicted octanol–water partition coefficient (Wildman–Crippen LogP) is 4.44. The first-order chi connectivity index (χ1) is 7.37. The Balaban J connectivity index is 2.61. The van der Waals surface area contributed by atoms with E-state index in [2.05, 4.69) is 46.8 Å². The van der Waals surface area contributed by atoms with E-state index in [-0.39, 0.29) is 5.41 Å². The van der Waals surface area contributed by atoms with Crippen LogP contribution < -0.4 is 0 Å². The van der Waals surface area contributed by atoms with E-state index in [1.165, 1.54) is 28.7 Å². The molecular formula is C15H19Zr. The number of allylic oxidation sites excluding steroid dienone is 8. The van der Waals surface area contributed by atoms with Gasteiger partial charge >= 0.3 is 114 Å². The fraction of sp³-hybridized carbons (Fsp3) is 0.467. The predicted molar refractivity (Wildman–Crippen MR) is 65.6 cm³/mol. The van der Waals surface area contributed by atoms with Crippen molar-refractivity contribution in [3.05, 3.63) is 43.3 Å². The molecule has 83 valence electrons. The zero-order valence-electron chi connectivity index (χ0n) is 10.9. The van der Waals surface area contributed by atoms with Crippen LogP contribution in [0.15, 0.2) is 43.3 Å². The van der Waals surface area contributed by atoms with Crippen LogP contribution in [0.1, 0.15) is 41.0 Å². The fourth-order valence-electron chi connectivity index (χ4n) is 2.87. The molecule has 0 radical (unpaired) electrons. The minimum absolute atomic E-state index is 0.222. The van der Waals surface area contributed by atoms with Gasteiger partial charge in [-0.2, -0.15) is 0 Å². The summed E-state index contributed by atoms with van der Waals surface area (Å²) >= 11 is 1.57. The molecule has 0 spiro atoms. The van der Waals surface area contributed by atoms with Crippen LogP contribution >= 0.6 is 0 Å². The fourth-order valence-corrected chi connectivity index (χ4v) is 3.67. The Bertz CT molecular complexity index is 468. The molecule has 0 saturated carbocycles. The normalized spacial score (nSPS) is 24.0. The van der Waals surface area contributed by atoms with Crippen LogP contribution in [0.25, 0.3) is 0 Å². The Hall–Kier alpha value is -0.157. The second kappa shape index (κ2) is 3.95. The Morgan fingerprint density at radius 1 is 1.12 bits per heavy atom. The first kappa shape index (κ1) is 12.3. The topological polar surface area (TPSA) is 0 Å². The van der Waals surface area contributed by atoms with Gasteiger partial charge in [-0.3, -0.25) is 0 Å². The van der Waals surface area contributed by atoms with Crippen molar-refractivity contribution in [2.75, 3.05) is 0 Å². The molecule has 0 nitrogen and oxygen atoms in total. The molecule has 0 saturated heterocycles. The van der Waals surface area contributed by atoms with Crippen molar-refractivity contribution in [1.29, 1.82) is 0 Å². The molecule has 0 aliphatic heterocycles. The summed E-state index contributed by atoms with van der Waals surface area (Å²) in [6, 6.07) is 0. The van der Waals surface area contributed by atoms with Crippen LogP contribution in [-0.2, 0) is 24.7 Å². The van der Waals surface area contributed by atoms with Crippen molar-refractivity contribution >= 4 is 0 Å². The van der Waals surface area contributed by atoms with Crippen LogP contribution in [0.2, 0.25) is 0 Å². The summed E-state index contributed by atoms with van der Waals surface area (Å²) in [4.78, 5) is 0. The minimum atomic E-state index is 0.222. The summed E-state index contributed by atoms with van der Waals surface area (Å²) in [5.74, 6) is 0. The van der Waals surface area contributed by atoms with Crippen LogP contribution in [0.3, 0.4) is 0 Å². The molecule has 0 N–H and O–H groups in total. The Kier molecular flexibility index (Phi) is 3.04. The number of hydrogen-bond donors (Lipinski definition) is 0. The van der Waals surface area contributed by atoms with E-state index in [4.69, 9.17) is 0 Å². The van der Waals surface area contributed by atoms with E-state index < -0.39 is 0 Å². The SMILES string of the molecule is CC1=C(C)C(C)(C)C(C2=[C]([Zr])CC=C2)=C1C. The van der Waals surface area contributed by atoms with Crippen LogP contribution in [0.4, 0.5) is 0 Å². The van der Waals surface area contributed by atoms with Gasteiger partial charge in [0.05, 0.1) is 0 Å². The van der Waals surface area contributed by atoms with Crippen molar-refractivity contribution < 1.29 is 24.7 Å². The van der Waals surface area contributed by atoms with Crippen LogP contribution in [0, 0.1) is 5.41 Å². The molecule has 0 aromatic rings. The van der Waals surface area contributed by atoms with Gasteiger partial charge in [0.1, 0.15) is 0 Å². The molecule has 16 heavy (non-hydrogen) atoms. The van der Waals surface area contributed by atoms with Crippen molar-refractivity contribution in [1.82, 2.24) is 0 Å². The third-order valence-corrected chi connectivity index (χ3v) is 5.43. The third kappa shape index (κ3) is 1.59. The monoisotopic (exact) mass is 289 g/mol. The second-order valence-electron chi connectivity index (χ2n) is 5.37. The van der Waals surface area contributed by atoms with Crippen LogP contribution in [-0.4, -0.2) is 0 Å². The molecule has 0 aromatic heterocycles. The molecule has 0 unspecified atom stereocenters. The zero-order chi connectivity index (χ0) is 12.1.